The highest BCUT2D eigenvalue weighted by molar-refractivity contribution is 5.81. The van der Waals surface area contributed by atoms with Crippen molar-refractivity contribution in [2.75, 3.05) is 26.2 Å². The summed E-state index contributed by atoms with van der Waals surface area (Å²) in [7, 11) is 0. The van der Waals surface area contributed by atoms with Gasteiger partial charge in [0.25, 0.3) is 0 Å². The molecule has 1 fully saturated rings. The molecule has 0 aliphatic carbocycles. The number of nitrogens with zero attached hydrogens (tertiary/aromatic N) is 2. The number of benzene rings is 1. The highest BCUT2D eigenvalue weighted by atomic mass is 16.2. The Labute approximate surface area is 116 Å². The van der Waals surface area contributed by atoms with Crippen LogP contribution in [-0.4, -0.2) is 41.9 Å². The summed E-state index contributed by atoms with van der Waals surface area (Å²) in [6.07, 6.45) is 0. The molecule has 104 valence electrons. The van der Waals surface area contributed by atoms with Gasteiger partial charge in [-0.1, -0.05) is 51.1 Å². The second-order valence-corrected chi connectivity index (χ2v) is 6.30. The van der Waals surface area contributed by atoms with Crippen molar-refractivity contribution in [1.29, 1.82) is 0 Å². The minimum absolute atomic E-state index is 0.262. The fraction of sp³-hybridized carbons (Fsp3) is 0.562. The molecule has 0 aromatic heterocycles. The number of carbonyl (C=O) groups is 1. The van der Waals surface area contributed by atoms with Gasteiger partial charge in [-0.2, -0.15) is 0 Å². The normalized spacial score (nSPS) is 17.5. The first kappa shape index (κ1) is 14.1. The largest absolute Gasteiger partial charge is 0.340 e. The van der Waals surface area contributed by atoms with Gasteiger partial charge in [-0.05, 0) is 5.56 Å². The Kier molecular flexibility index (Phi) is 4.25. The van der Waals surface area contributed by atoms with Crippen LogP contribution in [0.3, 0.4) is 0 Å². The topological polar surface area (TPSA) is 23.6 Å². The van der Waals surface area contributed by atoms with Gasteiger partial charge in [-0.3, -0.25) is 9.69 Å². The summed E-state index contributed by atoms with van der Waals surface area (Å²) in [6, 6.07) is 10.5. The zero-order chi connectivity index (χ0) is 13.9. The molecule has 19 heavy (non-hydrogen) atoms. The van der Waals surface area contributed by atoms with Crippen LogP contribution in [-0.2, 0) is 11.3 Å². The van der Waals surface area contributed by atoms with Gasteiger partial charge < -0.3 is 4.90 Å². The van der Waals surface area contributed by atoms with Crippen molar-refractivity contribution < 1.29 is 4.79 Å². The maximum absolute atomic E-state index is 12.2. The lowest BCUT2D eigenvalue weighted by atomic mass is 9.94. The number of amides is 1. The Bertz CT molecular complexity index is 414. The van der Waals surface area contributed by atoms with Gasteiger partial charge in [-0.15, -0.1) is 0 Å². The highest BCUT2D eigenvalue weighted by Crippen LogP contribution is 2.19. The zero-order valence-electron chi connectivity index (χ0n) is 12.2. The molecule has 1 amide bonds. The van der Waals surface area contributed by atoms with E-state index in [1.807, 2.05) is 31.7 Å². The van der Waals surface area contributed by atoms with Gasteiger partial charge in [0.2, 0.25) is 5.91 Å². The maximum Gasteiger partial charge on any atom is 0.228 e. The average molecular weight is 260 g/mol. The van der Waals surface area contributed by atoms with E-state index in [4.69, 9.17) is 0 Å². The van der Waals surface area contributed by atoms with Gasteiger partial charge in [0, 0.05) is 38.1 Å². The van der Waals surface area contributed by atoms with Crippen LogP contribution in [0, 0.1) is 5.41 Å². The van der Waals surface area contributed by atoms with Crippen molar-refractivity contribution in [2.24, 2.45) is 5.41 Å². The van der Waals surface area contributed by atoms with Crippen LogP contribution in [0.4, 0.5) is 0 Å². The molecule has 0 bridgehead atoms. The van der Waals surface area contributed by atoms with Gasteiger partial charge >= 0.3 is 0 Å². The molecule has 0 atom stereocenters. The third kappa shape index (κ3) is 3.80. The Balaban J connectivity index is 1.85. The molecule has 1 heterocycles. The number of rotatable bonds is 2. The molecule has 0 radical (unpaired) electrons. The Morgan fingerprint density at radius 2 is 1.63 bits per heavy atom. The van der Waals surface area contributed by atoms with E-state index >= 15 is 0 Å². The molecule has 1 aromatic carbocycles. The summed E-state index contributed by atoms with van der Waals surface area (Å²) in [5.74, 6) is 0.270. The SMILES string of the molecule is CC(C)(C)C(=O)N1CCN(Cc2ccccc2)CC1. The maximum atomic E-state index is 12.2. The van der Waals surface area contributed by atoms with Crippen molar-refractivity contribution in [3.05, 3.63) is 35.9 Å². The van der Waals surface area contributed by atoms with Gasteiger partial charge in [0.05, 0.1) is 0 Å². The van der Waals surface area contributed by atoms with Crippen LogP contribution < -0.4 is 0 Å². The molecule has 1 aromatic rings. The lowest BCUT2D eigenvalue weighted by Crippen LogP contribution is -2.51. The molecular formula is C16H24N2O. The molecule has 3 nitrogen and oxygen atoms in total. The summed E-state index contributed by atoms with van der Waals surface area (Å²) >= 11 is 0. The number of piperazine rings is 1. The van der Waals surface area contributed by atoms with Crippen molar-refractivity contribution in [2.45, 2.75) is 27.3 Å². The molecule has 0 N–H and O–H groups in total. The standard InChI is InChI=1S/C16H24N2O/c1-16(2,3)15(19)18-11-9-17(10-12-18)13-14-7-5-4-6-8-14/h4-8H,9-13H2,1-3H3. The highest BCUT2D eigenvalue weighted by Gasteiger charge is 2.29. The lowest BCUT2D eigenvalue weighted by Gasteiger charge is -2.37. The summed E-state index contributed by atoms with van der Waals surface area (Å²) < 4.78 is 0. The Morgan fingerprint density at radius 1 is 1.05 bits per heavy atom. The molecule has 2 rings (SSSR count). The molecule has 0 unspecified atom stereocenters. The van der Waals surface area contributed by atoms with Crippen molar-refractivity contribution >= 4 is 5.91 Å². The van der Waals surface area contributed by atoms with Crippen LogP contribution in [0.5, 0.6) is 0 Å². The number of hydrogen-bond acceptors (Lipinski definition) is 2. The van der Waals surface area contributed by atoms with Gasteiger partial charge in [-0.25, -0.2) is 0 Å². The average Bonchev–Trinajstić information content (AvgIpc) is 2.39. The quantitative estimate of drug-likeness (QED) is 0.815. The summed E-state index contributed by atoms with van der Waals surface area (Å²) in [5.41, 5.74) is 1.08. The molecule has 1 aliphatic rings. The fourth-order valence-electron chi connectivity index (χ4n) is 2.43. The van der Waals surface area contributed by atoms with E-state index in [1.165, 1.54) is 5.56 Å². The molecule has 1 aliphatic heterocycles. The predicted molar refractivity (Wildman–Crippen MR) is 77.8 cm³/mol. The van der Waals surface area contributed by atoms with Crippen LogP contribution in [0.1, 0.15) is 26.3 Å². The molecule has 1 saturated heterocycles. The summed E-state index contributed by atoms with van der Waals surface area (Å²) in [6.45, 7) is 10.6. The first-order chi connectivity index (χ1) is 8.97. The van der Waals surface area contributed by atoms with E-state index < -0.39 is 0 Å². The fourth-order valence-corrected chi connectivity index (χ4v) is 2.43. The molecular weight excluding hydrogens is 236 g/mol. The zero-order valence-corrected chi connectivity index (χ0v) is 12.2. The molecule has 3 heteroatoms. The predicted octanol–water partition coefficient (Wildman–Crippen LogP) is 2.38. The second-order valence-electron chi connectivity index (χ2n) is 6.30. The van der Waals surface area contributed by atoms with Crippen molar-refractivity contribution in [3.8, 4) is 0 Å². The molecule has 0 saturated carbocycles. The van der Waals surface area contributed by atoms with E-state index in [-0.39, 0.29) is 11.3 Å². The van der Waals surface area contributed by atoms with Crippen LogP contribution in [0.15, 0.2) is 30.3 Å². The Hall–Kier alpha value is -1.35. The summed E-state index contributed by atoms with van der Waals surface area (Å²) in [4.78, 5) is 16.6. The van der Waals surface area contributed by atoms with E-state index in [9.17, 15) is 4.79 Å². The van der Waals surface area contributed by atoms with Gasteiger partial charge in [0.1, 0.15) is 0 Å². The number of hydrogen-bond donors (Lipinski definition) is 0. The second kappa shape index (κ2) is 5.74. The van der Waals surface area contributed by atoms with Crippen LogP contribution >= 0.6 is 0 Å². The third-order valence-corrected chi connectivity index (χ3v) is 3.55. The first-order valence-corrected chi connectivity index (χ1v) is 7.02. The third-order valence-electron chi connectivity index (χ3n) is 3.55. The van der Waals surface area contributed by atoms with Gasteiger partial charge in [0.15, 0.2) is 0 Å². The summed E-state index contributed by atoms with van der Waals surface area (Å²) in [5, 5.41) is 0. The Morgan fingerprint density at radius 3 is 2.16 bits per heavy atom. The van der Waals surface area contributed by atoms with Crippen molar-refractivity contribution in [1.82, 2.24) is 9.80 Å². The van der Waals surface area contributed by atoms with Crippen LogP contribution in [0.2, 0.25) is 0 Å². The van der Waals surface area contributed by atoms with E-state index in [0.29, 0.717) is 0 Å². The minimum Gasteiger partial charge on any atom is -0.340 e. The smallest absolute Gasteiger partial charge is 0.228 e. The minimum atomic E-state index is -0.262. The monoisotopic (exact) mass is 260 g/mol. The first-order valence-electron chi connectivity index (χ1n) is 7.02. The van der Waals surface area contributed by atoms with Crippen molar-refractivity contribution in [3.63, 3.8) is 0 Å². The number of carbonyl (C=O) groups excluding carboxylic acids is 1. The van der Waals surface area contributed by atoms with E-state index in [0.717, 1.165) is 32.7 Å². The van der Waals surface area contributed by atoms with Crippen LogP contribution in [0.25, 0.3) is 0 Å². The lowest BCUT2D eigenvalue weighted by molar-refractivity contribution is -0.141. The molecule has 0 spiro atoms. The van der Waals surface area contributed by atoms with E-state index in [2.05, 4.69) is 29.2 Å². The van der Waals surface area contributed by atoms with E-state index in [1.54, 1.807) is 0 Å².